The third-order valence-corrected chi connectivity index (χ3v) is 6.94. The van der Waals surface area contributed by atoms with Crippen molar-refractivity contribution >= 4 is 35.0 Å². The van der Waals surface area contributed by atoms with E-state index in [-0.39, 0.29) is 4.75 Å². The van der Waals surface area contributed by atoms with E-state index < -0.39 is 0 Å². The van der Waals surface area contributed by atoms with Gasteiger partial charge < -0.3 is 4.57 Å². The molecule has 0 bridgehead atoms. The topological polar surface area (TPSA) is 17.8 Å². The van der Waals surface area contributed by atoms with E-state index in [1.54, 1.807) is 0 Å². The van der Waals surface area contributed by atoms with Crippen molar-refractivity contribution in [2.45, 2.75) is 42.4 Å². The fourth-order valence-corrected chi connectivity index (χ4v) is 4.74. The largest absolute Gasteiger partial charge is 0.336 e. The number of hydrogen-bond acceptors (Lipinski definition) is 2. The lowest BCUT2D eigenvalue weighted by molar-refractivity contribution is 0.449. The van der Waals surface area contributed by atoms with Crippen LogP contribution in [0, 0.1) is 0 Å². The summed E-state index contributed by atoms with van der Waals surface area (Å²) in [6, 6.07) is 16.2. The van der Waals surface area contributed by atoms with Gasteiger partial charge in [0.2, 0.25) is 0 Å². The van der Waals surface area contributed by atoms with Crippen molar-refractivity contribution < 1.29 is 0 Å². The van der Waals surface area contributed by atoms with Gasteiger partial charge in [-0.2, -0.15) is 0 Å². The van der Waals surface area contributed by atoms with Crippen molar-refractivity contribution in [3.8, 4) is 0 Å². The van der Waals surface area contributed by atoms with E-state index in [2.05, 4.69) is 34.7 Å². The number of thioether (sulfide) groups is 1. The normalized spacial score (nSPS) is 13.5. The van der Waals surface area contributed by atoms with Crippen LogP contribution in [0.1, 0.15) is 25.3 Å². The predicted octanol–water partition coefficient (Wildman–Crippen LogP) is 6.76. The van der Waals surface area contributed by atoms with Crippen LogP contribution >= 0.6 is 35.0 Å². The average molecular weight is 405 g/mol. The molecule has 0 amide bonds. The van der Waals surface area contributed by atoms with Gasteiger partial charge in [-0.3, -0.25) is 0 Å². The van der Waals surface area contributed by atoms with Crippen molar-refractivity contribution in [2.75, 3.05) is 0 Å². The number of nitrogens with zero attached hydrogens (tertiary/aromatic N) is 2. The molecule has 0 saturated heterocycles. The van der Waals surface area contributed by atoms with E-state index in [9.17, 15) is 0 Å². The summed E-state index contributed by atoms with van der Waals surface area (Å²) >= 11 is 14.3. The van der Waals surface area contributed by atoms with E-state index in [1.165, 1.54) is 5.56 Å². The van der Waals surface area contributed by atoms with Gasteiger partial charge in [-0.1, -0.05) is 54.4 Å². The highest BCUT2D eigenvalue weighted by atomic mass is 35.5. The second kappa shape index (κ2) is 8.98. The average Bonchev–Trinajstić information content (AvgIpc) is 3.16. The Kier molecular flexibility index (Phi) is 6.68. The molecule has 3 rings (SSSR count). The SMILES string of the molecule is CCC(CCc1ccc(Cl)cc1)(Cn1ccnc1)Sc1ccccc1Cl. The van der Waals surface area contributed by atoms with Gasteiger partial charge in [0.1, 0.15) is 0 Å². The fourth-order valence-electron chi connectivity index (χ4n) is 3.02. The molecule has 3 aromatic rings. The highest BCUT2D eigenvalue weighted by Crippen LogP contribution is 2.43. The van der Waals surface area contributed by atoms with Gasteiger partial charge in [0.25, 0.3) is 0 Å². The molecule has 0 radical (unpaired) electrons. The van der Waals surface area contributed by atoms with Crippen molar-refractivity contribution in [3.63, 3.8) is 0 Å². The summed E-state index contributed by atoms with van der Waals surface area (Å²) in [4.78, 5) is 5.34. The summed E-state index contributed by atoms with van der Waals surface area (Å²) in [6.45, 7) is 3.15. The van der Waals surface area contributed by atoms with Crippen LogP contribution in [0.5, 0.6) is 0 Å². The maximum absolute atomic E-state index is 6.45. The molecule has 1 unspecified atom stereocenters. The van der Waals surface area contributed by atoms with Crippen LogP contribution in [-0.2, 0) is 13.0 Å². The minimum Gasteiger partial charge on any atom is -0.336 e. The monoisotopic (exact) mass is 404 g/mol. The zero-order chi connectivity index (χ0) is 18.4. The van der Waals surface area contributed by atoms with Gasteiger partial charge in [0.05, 0.1) is 11.3 Å². The van der Waals surface area contributed by atoms with Crippen LogP contribution in [0.4, 0.5) is 0 Å². The van der Waals surface area contributed by atoms with Crippen LogP contribution in [-0.4, -0.2) is 14.3 Å². The lowest BCUT2D eigenvalue weighted by Gasteiger charge is -2.33. The molecular weight excluding hydrogens is 383 g/mol. The van der Waals surface area contributed by atoms with E-state index in [1.807, 2.05) is 60.8 Å². The number of imidazole rings is 1. The Morgan fingerprint density at radius 1 is 1.08 bits per heavy atom. The minimum atomic E-state index is 0.0331. The minimum absolute atomic E-state index is 0.0331. The quantitative estimate of drug-likeness (QED) is 0.385. The number of aryl methyl sites for hydroxylation is 1. The molecule has 1 aromatic heterocycles. The van der Waals surface area contributed by atoms with Crippen molar-refractivity contribution in [3.05, 3.63) is 82.9 Å². The van der Waals surface area contributed by atoms with E-state index >= 15 is 0 Å². The van der Waals surface area contributed by atoms with Crippen LogP contribution in [0.15, 0.2) is 72.1 Å². The Hall–Kier alpha value is -1.42. The zero-order valence-electron chi connectivity index (χ0n) is 14.7. The number of benzene rings is 2. The Morgan fingerprint density at radius 3 is 2.50 bits per heavy atom. The molecule has 0 saturated carbocycles. The summed E-state index contributed by atoms with van der Waals surface area (Å²) in [5.74, 6) is 0. The summed E-state index contributed by atoms with van der Waals surface area (Å²) < 4.78 is 2.19. The summed E-state index contributed by atoms with van der Waals surface area (Å²) in [7, 11) is 0. The smallest absolute Gasteiger partial charge is 0.0946 e. The van der Waals surface area contributed by atoms with Gasteiger partial charge in [-0.25, -0.2) is 4.98 Å². The molecule has 136 valence electrons. The first-order valence-electron chi connectivity index (χ1n) is 8.74. The van der Waals surface area contributed by atoms with Gasteiger partial charge in [-0.15, -0.1) is 11.8 Å². The number of halogens is 2. The lowest BCUT2D eigenvalue weighted by Crippen LogP contribution is -2.30. The summed E-state index contributed by atoms with van der Waals surface area (Å²) in [6.07, 6.45) is 8.82. The fraction of sp³-hybridized carbons (Fsp3) is 0.286. The highest BCUT2D eigenvalue weighted by molar-refractivity contribution is 8.00. The molecule has 2 nitrogen and oxygen atoms in total. The third kappa shape index (κ3) is 5.06. The van der Waals surface area contributed by atoms with Crippen LogP contribution < -0.4 is 0 Å². The second-order valence-corrected chi connectivity index (χ2v) is 8.78. The standard InChI is InChI=1S/C21H22Cl2N2S/c1-2-21(15-25-14-13-24-16-25,26-20-6-4-3-5-19(20)23)12-11-17-7-9-18(22)10-8-17/h3-10,13-14,16H,2,11-12,15H2,1H3. The molecule has 0 aliphatic rings. The molecule has 1 heterocycles. The Bertz CT molecular complexity index is 818. The Balaban J connectivity index is 1.83. The maximum atomic E-state index is 6.45. The number of aromatic nitrogens is 2. The van der Waals surface area contributed by atoms with Crippen molar-refractivity contribution in [2.24, 2.45) is 0 Å². The molecule has 0 aliphatic carbocycles. The van der Waals surface area contributed by atoms with Gasteiger partial charge in [0.15, 0.2) is 0 Å². The molecule has 0 fully saturated rings. The van der Waals surface area contributed by atoms with Crippen LogP contribution in [0.2, 0.25) is 10.0 Å². The molecular formula is C21H22Cl2N2S. The second-order valence-electron chi connectivity index (χ2n) is 6.43. The molecule has 1 atom stereocenters. The van der Waals surface area contributed by atoms with Crippen LogP contribution in [0.25, 0.3) is 0 Å². The zero-order valence-corrected chi connectivity index (χ0v) is 17.1. The molecule has 26 heavy (non-hydrogen) atoms. The Morgan fingerprint density at radius 2 is 1.85 bits per heavy atom. The first-order chi connectivity index (χ1) is 12.6. The van der Waals surface area contributed by atoms with Gasteiger partial charge in [-0.05, 0) is 49.1 Å². The van der Waals surface area contributed by atoms with Crippen LogP contribution in [0.3, 0.4) is 0 Å². The van der Waals surface area contributed by atoms with Crippen molar-refractivity contribution in [1.29, 1.82) is 0 Å². The maximum Gasteiger partial charge on any atom is 0.0946 e. The molecule has 2 aromatic carbocycles. The van der Waals surface area contributed by atoms with Gasteiger partial charge in [0, 0.05) is 33.6 Å². The molecule has 0 spiro atoms. The number of rotatable bonds is 8. The number of hydrogen-bond donors (Lipinski definition) is 0. The van der Waals surface area contributed by atoms with E-state index in [0.717, 1.165) is 40.7 Å². The first-order valence-corrected chi connectivity index (χ1v) is 10.3. The lowest BCUT2D eigenvalue weighted by atomic mass is 9.96. The predicted molar refractivity (Wildman–Crippen MR) is 112 cm³/mol. The van der Waals surface area contributed by atoms with Crippen molar-refractivity contribution in [1.82, 2.24) is 9.55 Å². The first kappa shape index (κ1) is 19.3. The summed E-state index contributed by atoms with van der Waals surface area (Å²) in [5.41, 5.74) is 1.30. The van der Waals surface area contributed by atoms with E-state index in [4.69, 9.17) is 23.2 Å². The molecule has 0 N–H and O–H groups in total. The van der Waals surface area contributed by atoms with Gasteiger partial charge >= 0.3 is 0 Å². The third-order valence-electron chi connectivity index (χ3n) is 4.62. The molecule has 5 heteroatoms. The van der Waals surface area contributed by atoms with E-state index in [0.29, 0.717) is 0 Å². The highest BCUT2D eigenvalue weighted by Gasteiger charge is 2.30. The summed E-state index contributed by atoms with van der Waals surface area (Å²) in [5, 5.41) is 1.59. The molecule has 0 aliphatic heterocycles. The Labute approximate surface area is 169 Å².